The van der Waals surface area contributed by atoms with E-state index in [4.69, 9.17) is 0 Å². The van der Waals surface area contributed by atoms with Crippen molar-refractivity contribution in [2.24, 2.45) is 0 Å². The molecule has 1 aliphatic carbocycles. The lowest BCUT2D eigenvalue weighted by molar-refractivity contribution is -0.131. The fraction of sp³-hybridized carbons (Fsp3) is 0.286. The van der Waals surface area contributed by atoms with E-state index in [1.54, 1.807) is 0 Å². The van der Waals surface area contributed by atoms with Gasteiger partial charge >= 0.3 is 0 Å². The maximum absolute atomic E-state index is 12.6. The molecule has 1 unspecified atom stereocenters. The Bertz CT molecular complexity index is 866. The van der Waals surface area contributed by atoms with Crippen molar-refractivity contribution >= 4 is 16.8 Å². The number of carbonyl (C=O) groups is 1. The first-order chi connectivity index (χ1) is 11.7. The smallest absolute Gasteiger partial charge is 0.226 e. The zero-order valence-corrected chi connectivity index (χ0v) is 14.0. The number of hydrogen-bond acceptors (Lipinski definition) is 1. The van der Waals surface area contributed by atoms with Gasteiger partial charge in [0.2, 0.25) is 5.91 Å². The number of aryl methyl sites for hydroxylation is 1. The van der Waals surface area contributed by atoms with Crippen molar-refractivity contribution in [1.29, 1.82) is 0 Å². The van der Waals surface area contributed by atoms with Crippen LogP contribution in [-0.2, 0) is 24.1 Å². The predicted molar refractivity (Wildman–Crippen MR) is 97.0 cm³/mol. The first-order valence-electron chi connectivity index (χ1n) is 8.60. The number of aromatic amines is 1. The molecule has 122 valence electrons. The molecule has 1 N–H and O–H groups in total. The number of aromatic nitrogens is 1. The molecule has 1 heterocycles. The van der Waals surface area contributed by atoms with Gasteiger partial charge < -0.3 is 9.88 Å². The molecule has 0 saturated heterocycles. The Balaban J connectivity index is 1.52. The van der Waals surface area contributed by atoms with E-state index in [9.17, 15) is 4.79 Å². The van der Waals surface area contributed by atoms with Gasteiger partial charge in [-0.1, -0.05) is 48.5 Å². The molecule has 0 spiro atoms. The summed E-state index contributed by atoms with van der Waals surface area (Å²) in [6, 6.07) is 18.7. The van der Waals surface area contributed by atoms with Gasteiger partial charge in [0.25, 0.3) is 0 Å². The third-order valence-corrected chi connectivity index (χ3v) is 5.21. The number of benzene rings is 2. The van der Waals surface area contributed by atoms with Crippen LogP contribution in [0.3, 0.4) is 0 Å². The zero-order valence-electron chi connectivity index (χ0n) is 14.0. The highest BCUT2D eigenvalue weighted by Crippen LogP contribution is 2.30. The van der Waals surface area contributed by atoms with Gasteiger partial charge in [-0.3, -0.25) is 4.79 Å². The van der Waals surface area contributed by atoms with Crippen LogP contribution >= 0.6 is 0 Å². The fourth-order valence-corrected chi connectivity index (χ4v) is 3.78. The molecule has 1 aliphatic rings. The molecule has 24 heavy (non-hydrogen) atoms. The Labute approximate surface area is 142 Å². The molecule has 1 aromatic heterocycles. The van der Waals surface area contributed by atoms with Crippen molar-refractivity contribution in [1.82, 2.24) is 9.88 Å². The van der Waals surface area contributed by atoms with Crippen LogP contribution < -0.4 is 0 Å². The number of rotatable bonds is 3. The Morgan fingerprint density at radius 2 is 1.88 bits per heavy atom. The Kier molecular flexibility index (Phi) is 3.85. The normalized spacial score (nSPS) is 16.8. The van der Waals surface area contributed by atoms with Crippen molar-refractivity contribution in [2.75, 3.05) is 7.05 Å². The highest BCUT2D eigenvalue weighted by Gasteiger charge is 2.27. The number of nitrogens with zero attached hydrogens (tertiary/aromatic N) is 1. The van der Waals surface area contributed by atoms with Crippen LogP contribution in [0.1, 0.15) is 23.2 Å². The topological polar surface area (TPSA) is 36.1 Å². The second-order valence-electron chi connectivity index (χ2n) is 6.69. The van der Waals surface area contributed by atoms with Gasteiger partial charge in [-0.05, 0) is 36.5 Å². The van der Waals surface area contributed by atoms with E-state index >= 15 is 0 Å². The summed E-state index contributed by atoms with van der Waals surface area (Å²) in [5.74, 6) is 0.203. The van der Waals surface area contributed by atoms with Gasteiger partial charge in [-0.2, -0.15) is 0 Å². The summed E-state index contributed by atoms with van der Waals surface area (Å²) in [4.78, 5) is 18.1. The molecule has 3 heteroatoms. The minimum atomic E-state index is 0.203. The van der Waals surface area contributed by atoms with Crippen molar-refractivity contribution in [3.63, 3.8) is 0 Å². The molecule has 3 nitrogen and oxygen atoms in total. The second kappa shape index (κ2) is 6.16. The van der Waals surface area contributed by atoms with Crippen LogP contribution in [0, 0.1) is 0 Å². The van der Waals surface area contributed by atoms with Gasteiger partial charge in [0.05, 0.1) is 6.42 Å². The lowest BCUT2D eigenvalue weighted by Gasteiger charge is -2.31. The van der Waals surface area contributed by atoms with E-state index in [0.29, 0.717) is 6.42 Å². The average molecular weight is 318 g/mol. The van der Waals surface area contributed by atoms with E-state index in [1.807, 2.05) is 42.3 Å². The summed E-state index contributed by atoms with van der Waals surface area (Å²) in [6.45, 7) is 0. The Hall–Kier alpha value is -2.55. The van der Waals surface area contributed by atoms with Crippen molar-refractivity contribution in [2.45, 2.75) is 31.7 Å². The lowest BCUT2D eigenvalue weighted by Crippen LogP contribution is -2.41. The number of carbonyl (C=O) groups excluding carboxylic acids is 1. The van der Waals surface area contributed by atoms with E-state index in [2.05, 4.69) is 29.2 Å². The highest BCUT2D eigenvalue weighted by molar-refractivity contribution is 5.85. The summed E-state index contributed by atoms with van der Waals surface area (Å²) in [5.41, 5.74) is 5.02. The average Bonchev–Trinajstić information content (AvgIpc) is 2.99. The second-order valence-corrected chi connectivity index (χ2v) is 6.69. The zero-order chi connectivity index (χ0) is 16.5. The van der Waals surface area contributed by atoms with Crippen LogP contribution in [0.5, 0.6) is 0 Å². The molecule has 0 saturated carbocycles. The van der Waals surface area contributed by atoms with Gasteiger partial charge in [-0.25, -0.2) is 0 Å². The number of fused-ring (bicyclic) bond motifs is 3. The molecule has 0 aliphatic heterocycles. The minimum Gasteiger partial charge on any atom is -0.358 e. The summed E-state index contributed by atoms with van der Waals surface area (Å²) in [7, 11) is 1.95. The number of likely N-dealkylation sites (N-methyl/N-ethyl adjacent to an activating group) is 1. The van der Waals surface area contributed by atoms with Crippen LogP contribution in [0.4, 0.5) is 0 Å². The Morgan fingerprint density at radius 1 is 1.12 bits per heavy atom. The third kappa shape index (κ3) is 2.71. The summed E-state index contributed by atoms with van der Waals surface area (Å²) in [5, 5.41) is 1.31. The molecule has 2 aromatic carbocycles. The van der Waals surface area contributed by atoms with Crippen LogP contribution in [0.15, 0.2) is 54.6 Å². The molecule has 4 rings (SSSR count). The molecular formula is C21H22N2O. The minimum absolute atomic E-state index is 0.203. The van der Waals surface area contributed by atoms with Crippen LogP contribution in [0.25, 0.3) is 10.9 Å². The summed E-state index contributed by atoms with van der Waals surface area (Å²) in [6.07, 6.45) is 3.46. The first kappa shape index (κ1) is 15.0. The molecule has 0 radical (unpaired) electrons. The number of amides is 1. The van der Waals surface area contributed by atoms with Gasteiger partial charge in [0.15, 0.2) is 0 Å². The molecule has 0 bridgehead atoms. The summed E-state index contributed by atoms with van der Waals surface area (Å²) < 4.78 is 0. The van der Waals surface area contributed by atoms with Crippen molar-refractivity contribution < 1.29 is 4.79 Å². The number of hydrogen-bond donors (Lipinski definition) is 1. The van der Waals surface area contributed by atoms with Gasteiger partial charge in [0.1, 0.15) is 0 Å². The maximum Gasteiger partial charge on any atom is 0.226 e. The molecule has 1 atom stereocenters. The lowest BCUT2D eigenvalue weighted by atomic mass is 9.90. The Morgan fingerprint density at radius 3 is 2.71 bits per heavy atom. The monoisotopic (exact) mass is 318 g/mol. The predicted octanol–water partition coefficient (Wildman–Crippen LogP) is 3.73. The van der Waals surface area contributed by atoms with Gasteiger partial charge in [0, 0.05) is 29.7 Å². The van der Waals surface area contributed by atoms with Crippen molar-refractivity contribution in [3.8, 4) is 0 Å². The summed E-state index contributed by atoms with van der Waals surface area (Å²) >= 11 is 0. The van der Waals surface area contributed by atoms with Crippen molar-refractivity contribution in [3.05, 3.63) is 71.4 Å². The fourth-order valence-electron chi connectivity index (χ4n) is 3.78. The highest BCUT2D eigenvalue weighted by atomic mass is 16.2. The molecule has 1 amide bonds. The molecule has 3 aromatic rings. The van der Waals surface area contributed by atoms with E-state index in [-0.39, 0.29) is 11.9 Å². The van der Waals surface area contributed by atoms with Gasteiger partial charge in [-0.15, -0.1) is 0 Å². The largest absolute Gasteiger partial charge is 0.358 e. The quantitative estimate of drug-likeness (QED) is 0.785. The number of para-hydroxylation sites is 1. The molecular weight excluding hydrogens is 296 g/mol. The number of H-pyrrole nitrogens is 1. The third-order valence-electron chi connectivity index (χ3n) is 5.21. The first-order valence-corrected chi connectivity index (χ1v) is 8.60. The SMILES string of the molecule is CN(C(=O)Cc1ccccc1)C1CCc2[nH]c3ccccc3c2C1. The van der Waals surface area contributed by atoms with Crippen LogP contribution in [0.2, 0.25) is 0 Å². The maximum atomic E-state index is 12.6. The molecule has 0 fully saturated rings. The number of nitrogens with one attached hydrogen (secondary N) is 1. The van der Waals surface area contributed by atoms with Crippen LogP contribution in [-0.4, -0.2) is 28.9 Å². The van der Waals surface area contributed by atoms with E-state index < -0.39 is 0 Å². The van der Waals surface area contributed by atoms with E-state index in [0.717, 1.165) is 24.8 Å². The van der Waals surface area contributed by atoms with E-state index in [1.165, 1.54) is 22.2 Å². The standard InChI is InChI=1S/C21H22N2O/c1-23(21(24)13-15-7-3-2-4-8-15)16-11-12-20-18(14-16)17-9-5-6-10-19(17)22-20/h2-10,16,22H,11-14H2,1H3.